The van der Waals surface area contributed by atoms with E-state index < -0.39 is 17.7 Å². The van der Waals surface area contributed by atoms with E-state index in [-0.39, 0.29) is 5.75 Å². The van der Waals surface area contributed by atoms with Crippen molar-refractivity contribution >= 4 is 23.6 Å². The van der Waals surface area contributed by atoms with E-state index in [4.69, 9.17) is 9.47 Å². The first-order valence-electron chi connectivity index (χ1n) is 7.09. The Hall–Kier alpha value is -3.15. The molecule has 0 radical (unpaired) electrons. The van der Waals surface area contributed by atoms with E-state index in [1.807, 2.05) is 0 Å². The van der Waals surface area contributed by atoms with Gasteiger partial charge in [-0.15, -0.1) is 0 Å². The number of carbonyl (C=O) groups is 2. The molecule has 0 atom stereocenters. The third-order valence-corrected chi connectivity index (χ3v) is 2.96. The number of hydrogen-bond acceptors (Lipinski definition) is 4. The van der Waals surface area contributed by atoms with Gasteiger partial charge in [0.2, 0.25) is 5.91 Å². The second kappa shape index (κ2) is 7.92. The summed E-state index contributed by atoms with van der Waals surface area (Å²) < 4.78 is 23.2. The monoisotopic (exact) mass is 329 g/mol. The van der Waals surface area contributed by atoms with Crippen LogP contribution in [0.5, 0.6) is 11.5 Å². The number of anilines is 1. The van der Waals surface area contributed by atoms with Gasteiger partial charge in [-0.2, -0.15) is 0 Å². The minimum Gasteiger partial charge on any atom is -0.493 e. The molecule has 0 aliphatic heterocycles. The number of amides is 1. The normalized spacial score (nSPS) is 10.5. The Morgan fingerprint density at radius 3 is 2.58 bits per heavy atom. The smallest absolute Gasteiger partial charge is 0.308 e. The molecule has 6 heteroatoms. The lowest BCUT2D eigenvalue weighted by atomic mass is 10.2. The molecule has 0 unspecified atom stereocenters. The molecule has 24 heavy (non-hydrogen) atoms. The van der Waals surface area contributed by atoms with Gasteiger partial charge in [0.15, 0.2) is 11.5 Å². The van der Waals surface area contributed by atoms with Crippen LogP contribution in [0.2, 0.25) is 0 Å². The van der Waals surface area contributed by atoms with Gasteiger partial charge in [-0.25, -0.2) is 4.39 Å². The third kappa shape index (κ3) is 4.95. The molecule has 2 rings (SSSR count). The van der Waals surface area contributed by atoms with Gasteiger partial charge < -0.3 is 14.8 Å². The van der Waals surface area contributed by atoms with Crippen LogP contribution in [0.25, 0.3) is 6.08 Å². The summed E-state index contributed by atoms with van der Waals surface area (Å²) in [5, 5.41) is 2.55. The molecular formula is C18H16FNO4. The Morgan fingerprint density at radius 2 is 1.92 bits per heavy atom. The number of hydrogen-bond donors (Lipinski definition) is 1. The molecule has 0 bridgehead atoms. The van der Waals surface area contributed by atoms with E-state index >= 15 is 0 Å². The van der Waals surface area contributed by atoms with Gasteiger partial charge in [0, 0.05) is 18.7 Å². The van der Waals surface area contributed by atoms with Crippen molar-refractivity contribution in [2.24, 2.45) is 0 Å². The first kappa shape index (κ1) is 17.2. The summed E-state index contributed by atoms with van der Waals surface area (Å²) in [6.45, 7) is 1.29. The number of benzene rings is 2. The number of carbonyl (C=O) groups excluding carboxylic acids is 2. The Bertz CT molecular complexity index is 786. The van der Waals surface area contributed by atoms with Gasteiger partial charge >= 0.3 is 5.97 Å². The van der Waals surface area contributed by atoms with Crippen LogP contribution in [0.15, 0.2) is 48.5 Å². The van der Waals surface area contributed by atoms with E-state index in [0.29, 0.717) is 17.0 Å². The second-order valence-corrected chi connectivity index (χ2v) is 4.84. The zero-order chi connectivity index (χ0) is 17.5. The number of ether oxygens (including phenoxy) is 2. The number of methoxy groups -OCH3 is 1. The average molecular weight is 329 g/mol. The molecule has 1 amide bonds. The van der Waals surface area contributed by atoms with Gasteiger partial charge in [0.25, 0.3) is 0 Å². The fourth-order valence-electron chi connectivity index (χ4n) is 1.95. The first-order valence-corrected chi connectivity index (χ1v) is 7.09. The molecule has 124 valence electrons. The summed E-state index contributed by atoms with van der Waals surface area (Å²) in [6, 6.07) is 10.5. The molecule has 0 aromatic heterocycles. The standard InChI is InChI=1S/C18H16FNO4/c1-12(21)24-17-10-13(6-8-16(17)23-2)7-9-18(22)20-15-5-3-4-14(19)11-15/h3-11H,1-2H3,(H,20,22). The van der Waals surface area contributed by atoms with Crippen LogP contribution in [-0.2, 0) is 9.59 Å². The van der Waals surface area contributed by atoms with E-state index in [9.17, 15) is 14.0 Å². The lowest BCUT2D eigenvalue weighted by molar-refractivity contribution is -0.132. The number of halogens is 1. The fraction of sp³-hybridized carbons (Fsp3) is 0.111. The summed E-state index contributed by atoms with van der Waals surface area (Å²) >= 11 is 0. The van der Waals surface area contributed by atoms with Crippen LogP contribution in [0.3, 0.4) is 0 Å². The first-order chi connectivity index (χ1) is 11.5. The predicted molar refractivity (Wildman–Crippen MR) is 88.4 cm³/mol. The highest BCUT2D eigenvalue weighted by Crippen LogP contribution is 2.28. The molecule has 1 N–H and O–H groups in total. The third-order valence-electron chi connectivity index (χ3n) is 2.96. The molecule has 0 heterocycles. The largest absolute Gasteiger partial charge is 0.493 e. The second-order valence-electron chi connectivity index (χ2n) is 4.84. The average Bonchev–Trinajstić information content (AvgIpc) is 2.52. The molecule has 0 saturated heterocycles. The van der Waals surface area contributed by atoms with Gasteiger partial charge in [-0.3, -0.25) is 9.59 Å². The highest BCUT2D eigenvalue weighted by molar-refractivity contribution is 6.01. The van der Waals surface area contributed by atoms with Gasteiger partial charge in [0.1, 0.15) is 5.82 Å². The number of esters is 1. The molecule has 0 saturated carbocycles. The van der Waals surface area contributed by atoms with Crippen LogP contribution in [0.4, 0.5) is 10.1 Å². The van der Waals surface area contributed by atoms with Crippen molar-refractivity contribution in [2.75, 3.05) is 12.4 Å². The van der Waals surface area contributed by atoms with E-state index in [1.54, 1.807) is 30.3 Å². The van der Waals surface area contributed by atoms with Crippen LogP contribution in [0, 0.1) is 5.82 Å². The van der Waals surface area contributed by atoms with Gasteiger partial charge in [-0.05, 0) is 42.0 Å². The maximum atomic E-state index is 13.1. The fourth-order valence-corrected chi connectivity index (χ4v) is 1.95. The SMILES string of the molecule is COc1ccc(C=CC(=O)Nc2cccc(F)c2)cc1OC(C)=O. The lowest BCUT2D eigenvalue weighted by Crippen LogP contribution is -2.07. The Balaban J connectivity index is 2.10. The lowest BCUT2D eigenvalue weighted by Gasteiger charge is -2.08. The van der Waals surface area contributed by atoms with Crippen LogP contribution >= 0.6 is 0 Å². The minimum absolute atomic E-state index is 0.262. The summed E-state index contributed by atoms with van der Waals surface area (Å²) in [7, 11) is 1.46. The van der Waals surface area contributed by atoms with Gasteiger partial charge in [-0.1, -0.05) is 12.1 Å². The molecule has 0 spiro atoms. The summed E-state index contributed by atoms with van der Waals surface area (Å²) in [6.07, 6.45) is 2.84. The van der Waals surface area contributed by atoms with E-state index in [2.05, 4.69) is 5.32 Å². The Morgan fingerprint density at radius 1 is 1.12 bits per heavy atom. The Kier molecular flexibility index (Phi) is 5.68. The van der Waals surface area contributed by atoms with Crippen LogP contribution < -0.4 is 14.8 Å². The molecule has 0 aliphatic carbocycles. The molecule has 2 aromatic rings. The highest BCUT2D eigenvalue weighted by atomic mass is 19.1. The summed E-state index contributed by atoms with van der Waals surface area (Å²) in [5.74, 6) is -0.647. The van der Waals surface area contributed by atoms with Crippen molar-refractivity contribution in [3.05, 3.63) is 59.9 Å². The maximum absolute atomic E-state index is 13.1. The highest BCUT2D eigenvalue weighted by Gasteiger charge is 2.07. The minimum atomic E-state index is -0.474. The maximum Gasteiger partial charge on any atom is 0.308 e. The van der Waals surface area contributed by atoms with Crippen molar-refractivity contribution < 1.29 is 23.5 Å². The summed E-state index contributed by atoms with van der Waals surface area (Å²) in [4.78, 5) is 23.0. The van der Waals surface area contributed by atoms with E-state index in [1.165, 1.54) is 38.3 Å². The molecule has 2 aromatic carbocycles. The summed E-state index contributed by atoms with van der Waals surface area (Å²) in [5.41, 5.74) is 1.00. The zero-order valence-electron chi connectivity index (χ0n) is 13.2. The predicted octanol–water partition coefficient (Wildman–Crippen LogP) is 3.41. The Labute approximate surface area is 138 Å². The molecule has 5 nitrogen and oxygen atoms in total. The van der Waals surface area contributed by atoms with Crippen molar-refractivity contribution in [1.82, 2.24) is 0 Å². The van der Waals surface area contributed by atoms with Crippen molar-refractivity contribution in [2.45, 2.75) is 6.92 Å². The van der Waals surface area contributed by atoms with Crippen molar-refractivity contribution in [3.8, 4) is 11.5 Å². The van der Waals surface area contributed by atoms with Gasteiger partial charge in [0.05, 0.1) is 7.11 Å². The molecule has 0 aliphatic rings. The quantitative estimate of drug-likeness (QED) is 0.519. The molecular weight excluding hydrogens is 313 g/mol. The topological polar surface area (TPSA) is 64.6 Å². The molecule has 0 fully saturated rings. The number of rotatable bonds is 5. The van der Waals surface area contributed by atoms with Crippen LogP contribution in [-0.4, -0.2) is 19.0 Å². The van der Waals surface area contributed by atoms with Crippen molar-refractivity contribution in [1.29, 1.82) is 0 Å². The van der Waals surface area contributed by atoms with E-state index in [0.717, 1.165) is 0 Å². The van der Waals surface area contributed by atoms with Crippen LogP contribution in [0.1, 0.15) is 12.5 Å². The van der Waals surface area contributed by atoms with Crippen molar-refractivity contribution in [3.63, 3.8) is 0 Å². The zero-order valence-corrected chi connectivity index (χ0v) is 13.2. The number of nitrogens with one attached hydrogen (secondary N) is 1.